The number of fused-ring (bicyclic) bond motifs is 1. The number of amides is 1. The van der Waals surface area contributed by atoms with Crippen LogP contribution in [0.4, 0.5) is 4.79 Å². The highest BCUT2D eigenvalue weighted by molar-refractivity contribution is 5.67. The molecular formula is C17H26N2O3. The fourth-order valence-corrected chi connectivity index (χ4v) is 2.65. The van der Waals surface area contributed by atoms with Gasteiger partial charge in [0.05, 0.1) is 7.11 Å². The second-order valence-electron chi connectivity index (χ2n) is 6.55. The number of carbonyl (C=O) groups is 1. The number of hydrogen-bond donors (Lipinski definition) is 1. The van der Waals surface area contributed by atoms with Gasteiger partial charge in [-0.25, -0.2) is 4.79 Å². The Bertz CT molecular complexity index is 523. The number of methoxy groups -OCH3 is 1. The normalized spacial score (nSPS) is 15.1. The molecule has 22 heavy (non-hydrogen) atoms. The van der Waals surface area contributed by atoms with Gasteiger partial charge in [0.15, 0.2) is 0 Å². The molecule has 0 bridgehead atoms. The van der Waals surface area contributed by atoms with E-state index in [1.807, 2.05) is 32.9 Å². The van der Waals surface area contributed by atoms with E-state index >= 15 is 0 Å². The van der Waals surface area contributed by atoms with Gasteiger partial charge in [-0.05, 0) is 44.4 Å². The van der Waals surface area contributed by atoms with Crippen LogP contribution < -0.4 is 10.1 Å². The molecule has 1 amide bonds. The molecule has 1 N–H and O–H groups in total. The maximum atomic E-state index is 11.6. The van der Waals surface area contributed by atoms with Gasteiger partial charge in [-0.2, -0.15) is 0 Å². The van der Waals surface area contributed by atoms with Crippen molar-refractivity contribution in [3.8, 4) is 5.75 Å². The molecule has 0 aromatic heterocycles. The van der Waals surface area contributed by atoms with Crippen molar-refractivity contribution < 1.29 is 14.3 Å². The third-order valence-electron chi connectivity index (χ3n) is 3.62. The molecule has 1 aliphatic heterocycles. The van der Waals surface area contributed by atoms with E-state index in [2.05, 4.69) is 16.3 Å². The third-order valence-corrected chi connectivity index (χ3v) is 3.62. The lowest BCUT2D eigenvalue weighted by Crippen LogP contribution is -2.39. The summed E-state index contributed by atoms with van der Waals surface area (Å²) in [4.78, 5) is 13.9. The molecule has 5 nitrogen and oxygen atoms in total. The van der Waals surface area contributed by atoms with E-state index in [0.29, 0.717) is 6.54 Å². The number of alkyl carbamates (subject to hydrolysis) is 1. The fourth-order valence-electron chi connectivity index (χ4n) is 2.65. The molecule has 1 heterocycles. The van der Waals surface area contributed by atoms with Crippen LogP contribution in [0.25, 0.3) is 0 Å². The van der Waals surface area contributed by atoms with Gasteiger partial charge in [-0.15, -0.1) is 0 Å². The summed E-state index contributed by atoms with van der Waals surface area (Å²) in [7, 11) is 1.72. The van der Waals surface area contributed by atoms with Gasteiger partial charge < -0.3 is 14.8 Å². The van der Waals surface area contributed by atoms with Gasteiger partial charge in [-0.3, -0.25) is 4.90 Å². The minimum atomic E-state index is -0.454. The average Bonchev–Trinajstić information content (AvgIpc) is 2.44. The highest BCUT2D eigenvalue weighted by atomic mass is 16.6. The Labute approximate surface area is 132 Å². The Morgan fingerprint density at radius 2 is 2.14 bits per heavy atom. The zero-order chi connectivity index (χ0) is 16.2. The van der Waals surface area contributed by atoms with Crippen LogP contribution >= 0.6 is 0 Å². The smallest absolute Gasteiger partial charge is 0.407 e. The van der Waals surface area contributed by atoms with Crippen LogP contribution in [0.1, 0.15) is 31.9 Å². The number of carbonyl (C=O) groups excluding carboxylic acids is 1. The summed E-state index contributed by atoms with van der Waals surface area (Å²) in [6.45, 7) is 8.86. The first-order valence-electron chi connectivity index (χ1n) is 7.73. The Balaban J connectivity index is 1.80. The molecule has 5 heteroatoms. The van der Waals surface area contributed by atoms with Gasteiger partial charge in [0, 0.05) is 26.2 Å². The molecule has 0 aliphatic carbocycles. The molecule has 1 aromatic carbocycles. The summed E-state index contributed by atoms with van der Waals surface area (Å²) >= 11 is 0. The van der Waals surface area contributed by atoms with Crippen molar-refractivity contribution in [3.05, 3.63) is 29.3 Å². The molecule has 0 radical (unpaired) electrons. The lowest BCUT2D eigenvalue weighted by molar-refractivity contribution is 0.0521. The van der Waals surface area contributed by atoms with Crippen molar-refractivity contribution >= 4 is 6.09 Å². The van der Waals surface area contributed by atoms with Gasteiger partial charge in [0.1, 0.15) is 11.4 Å². The van der Waals surface area contributed by atoms with Crippen LogP contribution in [0.15, 0.2) is 18.2 Å². The van der Waals surface area contributed by atoms with E-state index in [1.54, 1.807) is 7.11 Å². The number of hydrogen-bond acceptors (Lipinski definition) is 4. The number of nitrogens with one attached hydrogen (secondary N) is 1. The standard InChI is InChI=1S/C17H26N2O3/c1-17(2,3)22-16(20)18-9-11-19-10-8-14-13(12-19)6-5-7-15(14)21-4/h5-7H,8-12H2,1-4H3,(H,18,20). The molecule has 2 rings (SSSR count). The summed E-state index contributed by atoms with van der Waals surface area (Å²) in [6, 6.07) is 6.18. The van der Waals surface area contributed by atoms with Gasteiger partial charge in [-0.1, -0.05) is 12.1 Å². The van der Waals surface area contributed by atoms with Gasteiger partial charge in [0.25, 0.3) is 0 Å². The minimum absolute atomic E-state index is 0.355. The number of nitrogens with zero attached hydrogens (tertiary/aromatic N) is 1. The predicted octanol–water partition coefficient (Wildman–Crippen LogP) is 2.58. The Hall–Kier alpha value is -1.75. The Kier molecular flexibility index (Phi) is 5.29. The molecule has 0 saturated heterocycles. The van der Waals surface area contributed by atoms with Crippen molar-refractivity contribution in [2.45, 2.75) is 39.3 Å². The van der Waals surface area contributed by atoms with Crippen LogP contribution in [0.2, 0.25) is 0 Å². The molecule has 1 aliphatic rings. The maximum Gasteiger partial charge on any atom is 0.407 e. The van der Waals surface area contributed by atoms with Crippen molar-refractivity contribution in [2.24, 2.45) is 0 Å². The van der Waals surface area contributed by atoms with E-state index < -0.39 is 5.60 Å². The number of rotatable bonds is 4. The SMILES string of the molecule is COc1cccc2c1CCN(CCNC(=O)OC(C)(C)C)C2. The lowest BCUT2D eigenvalue weighted by Gasteiger charge is -2.29. The topological polar surface area (TPSA) is 50.8 Å². The van der Waals surface area contributed by atoms with Crippen LogP contribution in [0.5, 0.6) is 5.75 Å². The van der Waals surface area contributed by atoms with E-state index in [1.165, 1.54) is 11.1 Å². The lowest BCUT2D eigenvalue weighted by atomic mass is 9.99. The van der Waals surface area contributed by atoms with Crippen LogP contribution in [0.3, 0.4) is 0 Å². The van der Waals surface area contributed by atoms with E-state index in [-0.39, 0.29) is 6.09 Å². The van der Waals surface area contributed by atoms with Crippen molar-refractivity contribution in [1.82, 2.24) is 10.2 Å². The summed E-state index contributed by atoms with van der Waals surface area (Å²) in [5.74, 6) is 0.976. The Morgan fingerprint density at radius 3 is 2.82 bits per heavy atom. The van der Waals surface area contributed by atoms with Crippen LogP contribution in [-0.4, -0.2) is 43.3 Å². The van der Waals surface area contributed by atoms with Crippen molar-refractivity contribution in [1.29, 1.82) is 0 Å². The Morgan fingerprint density at radius 1 is 1.36 bits per heavy atom. The van der Waals surface area contributed by atoms with E-state index in [4.69, 9.17) is 9.47 Å². The molecular weight excluding hydrogens is 280 g/mol. The zero-order valence-corrected chi connectivity index (χ0v) is 13.9. The van der Waals surface area contributed by atoms with E-state index in [9.17, 15) is 4.79 Å². The first kappa shape index (κ1) is 16.6. The van der Waals surface area contributed by atoms with E-state index in [0.717, 1.165) is 31.8 Å². The monoisotopic (exact) mass is 306 g/mol. The summed E-state index contributed by atoms with van der Waals surface area (Å²) in [6.07, 6.45) is 0.623. The average molecular weight is 306 g/mol. The summed E-state index contributed by atoms with van der Waals surface area (Å²) in [5, 5.41) is 2.81. The molecule has 0 fully saturated rings. The zero-order valence-electron chi connectivity index (χ0n) is 13.9. The van der Waals surface area contributed by atoms with Crippen LogP contribution in [-0.2, 0) is 17.7 Å². The second kappa shape index (κ2) is 7.01. The van der Waals surface area contributed by atoms with Crippen molar-refractivity contribution in [3.63, 3.8) is 0 Å². The fraction of sp³-hybridized carbons (Fsp3) is 0.588. The first-order valence-corrected chi connectivity index (χ1v) is 7.73. The largest absolute Gasteiger partial charge is 0.496 e. The first-order chi connectivity index (χ1) is 10.4. The molecule has 122 valence electrons. The maximum absolute atomic E-state index is 11.6. The minimum Gasteiger partial charge on any atom is -0.496 e. The highest BCUT2D eigenvalue weighted by Gasteiger charge is 2.20. The second-order valence-corrected chi connectivity index (χ2v) is 6.55. The third kappa shape index (κ3) is 4.63. The van der Waals surface area contributed by atoms with Gasteiger partial charge in [0.2, 0.25) is 0 Å². The van der Waals surface area contributed by atoms with Crippen molar-refractivity contribution in [2.75, 3.05) is 26.7 Å². The molecule has 1 aromatic rings. The summed E-state index contributed by atoms with van der Waals surface area (Å²) < 4.78 is 10.6. The molecule has 0 unspecified atom stereocenters. The molecule has 0 atom stereocenters. The predicted molar refractivity (Wildman–Crippen MR) is 86.2 cm³/mol. The molecule has 0 spiro atoms. The highest BCUT2D eigenvalue weighted by Crippen LogP contribution is 2.27. The quantitative estimate of drug-likeness (QED) is 0.929. The molecule has 0 saturated carbocycles. The number of benzene rings is 1. The summed E-state index contributed by atoms with van der Waals surface area (Å²) in [5.41, 5.74) is 2.16. The number of ether oxygens (including phenoxy) is 2. The van der Waals surface area contributed by atoms with Gasteiger partial charge >= 0.3 is 6.09 Å². The van der Waals surface area contributed by atoms with Crippen LogP contribution in [0, 0.1) is 0 Å².